The molecule has 1 heterocycles. The van der Waals surface area contributed by atoms with E-state index in [0.717, 1.165) is 19.2 Å². The number of esters is 2. The molecule has 0 aromatic heterocycles. The van der Waals surface area contributed by atoms with E-state index in [1.807, 2.05) is 0 Å². The molecule has 0 bridgehead atoms. The van der Waals surface area contributed by atoms with E-state index in [1.165, 1.54) is 0 Å². The van der Waals surface area contributed by atoms with E-state index in [1.54, 1.807) is 0 Å². The summed E-state index contributed by atoms with van der Waals surface area (Å²) in [7, 11) is 1.01. The normalized spacial score (nSPS) is 14.7. The number of carbonyl (C=O) groups excluding carboxylic acids is 3. The van der Waals surface area contributed by atoms with Gasteiger partial charge in [0.15, 0.2) is 23.0 Å². The summed E-state index contributed by atoms with van der Waals surface area (Å²) in [6.07, 6.45) is 0. The molecule has 1 aliphatic heterocycles. The predicted molar refractivity (Wildman–Crippen MR) is 56.4 cm³/mol. The molecule has 5 nitrogen and oxygen atoms in total. The topological polar surface area (TPSA) is 69.7 Å². The second kappa shape index (κ2) is 4.60. The average Bonchev–Trinajstić information content (AvgIpc) is 2.68. The SMILES string of the molecule is COC(=O)C1=C(c2ccc(F)c(F)c2)OC(=O)C1=O. The van der Waals surface area contributed by atoms with Gasteiger partial charge in [-0.05, 0) is 18.2 Å². The predicted octanol–water partition coefficient (Wildman–Crippen LogP) is 0.975. The van der Waals surface area contributed by atoms with Gasteiger partial charge in [0.05, 0.1) is 7.11 Å². The maximum absolute atomic E-state index is 13.1. The Morgan fingerprint density at radius 1 is 1.21 bits per heavy atom. The third kappa shape index (κ3) is 2.10. The summed E-state index contributed by atoms with van der Waals surface area (Å²) in [5, 5.41) is 0. The Morgan fingerprint density at radius 2 is 1.89 bits per heavy atom. The van der Waals surface area contributed by atoms with Gasteiger partial charge in [-0.1, -0.05) is 0 Å². The highest BCUT2D eigenvalue weighted by molar-refractivity contribution is 6.51. The minimum Gasteiger partial charge on any atom is -0.465 e. The monoisotopic (exact) mass is 268 g/mol. The maximum atomic E-state index is 13.1. The highest BCUT2D eigenvalue weighted by Crippen LogP contribution is 2.28. The van der Waals surface area contributed by atoms with E-state index in [-0.39, 0.29) is 5.56 Å². The Hall–Kier alpha value is -2.57. The molecule has 0 radical (unpaired) electrons. The maximum Gasteiger partial charge on any atom is 0.385 e. The zero-order chi connectivity index (χ0) is 14.2. The van der Waals surface area contributed by atoms with Crippen molar-refractivity contribution in [1.82, 2.24) is 0 Å². The molecule has 1 aromatic rings. The first kappa shape index (κ1) is 12.9. The lowest BCUT2D eigenvalue weighted by Gasteiger charge is -2.04. The van der Waals surface area contributed by atoms with Crippen LogP contribution in [0.1, 0.15) is 5.56 Å². The van der Waals surface area contributed by atoms with Gasteiger partial charge in [0, 0.05) is 5.56 Å². The number of ketones is 1. The van der Waals surface area contributed by atoms with Gasteiger partial charge >= 0.3 is 11.9 Å². The summed E-state index contributed by atoms with van der Waals surface area (Å²) in [4.78, 5) is 34.0. The minimum atomic E-state index is -1.28. The molecular weight excluding hydrogens is 262 g/mol. The van der Waals surface area contributed by atoms with Crippen molar-refractivity contribution < 1.29 is 32.6 Å². The third-order valence-electron chi connectivity index (χ3n) is 2.41. The van der Waals surface area contributed by atoms with Gasteiger partial charge in [0.2, 0.25) is 0 Å². The summed E-state index contributed by atoms with van der Waals surface area (Å²) >= 11 is 0. The summed E-state index contributed by atoms with van der Waals surface area (Å²) in [6, 6.07) is 2.56. The Balaban J connectivity index is 2.59. The van der Waals surface area contributed by atoms with Gasteiger partial charge in [0.1, 0.15) is 0 Å². The van der Waals surface area contributed by atoms with Crippen molar-refractivity contribution in [2.45, 2.75) is 0 Å². The number of Topliss-reactive ketones (excluding diaryl/α,β-unsaturated/α-hetero) is 1. The number of cyclic esters (lactones) is 1. The largest absolute Gasteiger partial charge is 0.465 e. The van der Waals surface area contributed by atoms with Crippen LogP contribution in [0.15, 0.2) is 23.8 Å². The zero-order valence-electron chi connectivity index (χ0n) is 9.53. The van der Waals surface area contributed by atoms with Crippen molar-refractivity contribution in [3.63, 3.8) is 0 Å². The Bertz CT molecular complexity index is 633. The van der Waals surface area contributed by atoms with Crippen molar-refractivity contribution >= 4 is 23.5 Å². The van der Waals surface area contributed by atoms with Gasteiger partial charge in [-0.2, -0.15) is 0 Å². The Morgan fingerprint density at radius 3 is 2.47 bits per heavy atom. The Kier molecular flexibility index (Phi) is 3.12. The molecule has 0 saturated carbocycles. The van der Waals surface area contributed by atoms with Crippen molar-refractivity contribution in [1.29, 1.82) is 0 Å². The smallest absolute Gasteiger partial charge is 0.385 e. The average molecular weight is 268 g/mol. The molecule has 0 unspecified atom stereocenters. The molecule has 0 atom stereocenters. The number of ether oxygens (including phenoxy) is 2. The van der Waals surface area contributed by atoms with Crippen LogP contribution >= 0.6 is 0 Å². The van der Waals surface area contributed by atoms with E-state index < -0.39 is 40.7 Å². The van der Waals surface area contributed by atoms with Crippen molar-refractivity contribution in [2.24, 2.45) is 0 Å². The van der Waals surface area contributed by atoms with Crippen LogP contribution in [-0.2, 0) is 23.9 Å². The number of hydrogen-bond donors (Lipinski definition) is 0. The molecule has 0 saturated heterocycles. The molecule has 0 fully saturated rings. The lowest BCUT2D eigenvalue weighted by atomic mass is 10.1. The summed E-state index contributed by atoms with van der Waals surface area (Å²) < 4.78 is 34.8. The van der Waals surface area contributed by atoms with E-state index in [9.17, 15) is 23.2 Å². The number of carbonyl (C=O) groups is 3. The summed E-state index contributed by atoms with van der Waals surface area (Å²) in [6.45, 7) is 0. The standard InChI is InChI=1S/C12H6F2O5/c1-18-11(16)8-9(15)12(17)19-10(8)5-2-3-6(13)7(14)4-5/h2-4H,1H3. The van der Waals surface area contributed by atoms with Crippen LogP contribution < -0.4 is 0 Å². The van der Waals surface area contributed by atoms with Gasteiger partial charge in [-0.25, -0.2) is 18.4 Å². The fourth-order valence-electron chi connectivity index (χ4n) is 1.52. The molecule has 1 aromatic carbocycles. The molecule has 1 aliphatic rings. The van der Waals surface area contributed by atoms with Crippen LogP contribution in [0.4, 0.5) is 8.78 Å². The minimum absolute atomic E-state index is 0.112. The van der Waals surface area contributed by atoms with Gasteiger partial charge in [-0.15, -0.1) is 0 Å². The molecule has 0 N–H and O–H groups in total. The van der Waals surface area contributed by atoms with Gasteiger partial charge in [-0.3, -0.25) is 4.79 Å². The first-order valence-corrected chi connectivity index (χ1v) is 5.00. The second-order valence-electron chi connectivity index (χ2n) is 3.54. The fourth-order valence-corrected chi connectivity index (χ4v) is 1.52. The number of halogens is 2. The molecule has 98 valence electrons. The number of rotatable bonds is 2. The van der Waals surface area contributed by atoms with Gasteiger partial charge < -0.3 is 9.47 Å². The summed E-state index contributed by atoms with van der Waals surface area (Å²) in [5.74, 6) is -6.31. The van der Waals surface area contributed by atoms with Gasteiger partial charge in [0.25, 0.3) is 5.78 Å². The molecule has 2 rings (SSSR count). The second-order valence-corrected chi connectivity index (χ2v) is 3.54. The van der Waals surface area contributed by atoms with Crippen LogP contribution in [0, 0.1) is 11.6 Å². The van der Waals surface area contributed by atoms with E-state index >= 15 is 0 Å². The quantitative estimate of drug-likeness (QED) is 0.454. The van der Waals surface area contributed by atoms with E-state index in [2.05, 4.69) is 9.47 Å². The molecule has 0 aliphatic carbocycles. The van der Waals surface area contributed by atoms with Crippen LogP contribution in [0.5, 0.6) is 0 Å². The highest BCUT2D eigenvalue weighted by Gasteiger charge is 2.39. The number of benzene rings is 1. The van der Waals surface area contributed by atoms with Crippen molar-refractivity contribution in [2.75, 3.05) is 7.11 Å². The molecule has 0 spiro atoms. The van der Waals surface area contributed by atoms with E-state index in [0.29, 0.717) is 6.07 Å². The van der Waals surface area contributed by atoms with Crippen LogP contribution in [0.25, 0.3) is 5.76 Å². The summed E-state index contributed by atoms with van der Waals surface area (Å²) in [5.41, 5.74) is -0.753. The van der Waals surface area contributed by atoms with Crippen LogP contribution in [-0.4, -0.2) is 24.8 Å². The first-order valence-electron chi connectivity index (χ1n) is 5.00. The lowest BCUT2D eigenvalue weighted by molar-refractivity contribution is -0.146. The number of hydrogen-bond acceptors (Lipinski definition) is 5. The highest BCUT2D eigenvalue weighted by atomic mass is 19.2. The zero-order valence-corrected chi connectivity index (χ0v) is 9.53. The number of methoxy groups -OCH3 is 1. The first-order chi connectivity index (χ1) is 8.95. The van der Waals surface area contributed by atoms with Crippen molar-refractivity contribution in [3.05, 3.63) is 41.0 Å². The molecule has 7 heteroatoms. The third-order valence-corrected chi connectivity index (χ3v) is 2.41. The fraction of sp³-hybridized carbons (Fsp3) is 0.0833. The lowest BCUT2D eigenvalue weighted by Crippen LogP contribution is -2.16. The molecular formula is C12H6F2O5. The van der Waals surface area contributed by atoms with Crippen LogP contribution in [0.3, 0.4) is 0 Å². The van der Waals surface area contributed by atoms with E-state index in [4.69, 9.17) is 0 Å². The molecule has 0 amide bonds. The van der Waals surface area contributed by atoms with Crippen LogP contribution in [0.2, 0.25) is 0 Å². The van der Waals surface area contributed by atoms with Crippen molar-refractivity contribution in [3.8, 4) is 0 Å². The Labute approximate surface area is 105 Å². The molecule has 19 heavy (non-hydrogen) atoms.